The molecular weight excluding hydrogens is 372 g/mol. The first kappa shape index (κ1) is 20.4. The molecule has 1 N–H and O–H groups in total. The zero-order valence-electron chi connectivity index (χ0n) is 16.5. The molecule has 29 heavy (non-hydrogen) atoms. The summed E-state index contributed by atoms with van der Waals surface area (Å²) in [5.41, 5.74) is 1.64. The fourth-order valence-corrected chi connectivity index (χ4v) is 3.18. The Morgan fingerprint density at radius 1 is 1.14 bits per heavy atom. The SMILES string of the molecule is CCCOC(=O)c1ccc(NC(=O)C2CC(=O)N(c3ccccc3OC)C2)cc1. The number of carbonyl (C=O) groups is 3. The van der Waals surface area contributed by atoms with Crippen LogP contribution in [-0.2, 0) is 14.3 Å². The van der Waals surface area contributed by atoms with E-state index in [4.69, 9.17) is 9.47 Å². The van der Waals surface area contributed by atoms with Gasteiger partial charge in [-0.25, -0.2) is 4.79 Å². The smallest absolute Gasteiger partial charge is 0.338 e. The van der Waals surface area contributed by atoms with Crippen molar-refractivity contribution < 1.29 is 23.9 Å². The van der Waals surface area contributed by atoms with Crippen LogP contribution in [0.4, 0.5) is 11.4 Å². The second-order valence-electron chi connectivity index (χ2n) is 6.78. The van der Waals surface area contributed by atoms with Crippen LogP contribution in [0.3, 0.4) is 0 Å². The molecule has 0 bridgehead atoms. The normalized spacial score (nSPS) is 15.9. The number of hydrogen-bond acceptors (Lipinski definition) is 5. The Morgan fingerprint density at radius 3 is 2.55 bits per heavy atom. The van der Waals surface area contributed by atoms with Gasteiger partial charge in [0.25, 0.3) is 0 Å². The first-order chi connectivity index (χ1) is 14.0. The van der Waals surface area contributed by atoms with Crippen LogP contribution in [0.15, 0.2) is 48.5 Å². The Morgan fingerprint density at radius 2 is 1.86 bits per heavy atom. The highest BCUT2D eigenvalue weighted by Gasteiger charge is 2.36. The van der Waals surface area contributed by atoms with Crippen molar-refractivity contribution in [1.82, 2.24) is 0 Å². The quantitative estimate of drug-likeness (QED) is 0.726. The number of carbonyl (C=O) groups excluding carboxylic acids is 3. The van der Waals surface area contributed by atoms with E-state index < -0.39 is 11.9 Å². The van der Waals surface area contributed by atoms with Crippen LogP contribution < -0.4 is 15.0 Å². The molecule has 2 aromatic rings. The van der Waals surface area contributed by atoms with Gasteiger partial charge in [-0.15, -0.1) is 0 Å². The summed E-state index contributed by atoms with van der Waals surface area (Å²) in [6.45, 7) is 2.58. The lowest BCUT2D eigenvalue weighted by atomic mass is 10.1. The van der Waals surface area contributed by atoms with Crippen molar-refractivity contribution in [3.05, 3.63) is 54.1 Å². The Kier molecular flexibility index (Phi) is 6.49. The molecule has 0 aromatic heterocycles. The van der Waals surface area contributed by atoms with Gasteiger partial charge in [-0.05, 0) is 42.8 Å². The molecule has 0 aliphatic carbocycles. The van der Waals surface area contributed by atoms with Gasteiger partial charge in [-0.2, -0.15) is 0 Å². The zero-order chi connectivity index (χ0) is 20.8. The Bertz CT molecular complexity index is 894. The molecule has 1 unspecified atom stereocenters. The lowest BCUT2D eigenvalue weighted by Gasteiger charge is -2.19. The van der Waals surface area contributed by atoms with Crippen molar-refractivity contribution in [2.45, 2.75) is 19.8 Å². The van der Waals surface area contributed by atoms with Gasteiger partial charge in [0.2, 0.25) is 11.8 Å². The molecule has 1 atom stereocenters. The molecule has 1 heterocycles. The summed E-state index contributed by atoms with van der Waals surface area (Å²) >= 11 is 0. The summed E-state index contributed by atoms with van der Waals surface area (Å²) in [5, 5.41) is 2.81. The van der Waals surface area contributed by atoms with Gasteiger partial charge in [-0.3, -0.25) is 9.59 Å². The number of nitrogens with zero attached hydrogens (tertiary/aromatic N) is 1. The highest BCUT2D eigenvalue weighted by Crippen LogP contribution is 2.33. The summed E-state index contributed by atoms with van der Waals surface area (Å²) in [4.78, 5) is 38.5. The number of benzene rings is 2. The maximum Gasteiger partial charge on any atom is 0.338 e. The fourth-order valence-electron chi connectivity index (χ4n) is 3.18. The molecule has 2 amide bonds. The van der Waals surface area contributed by atoms with Gasteiger partial charge < -0.3 is 19.7 Å². The predicted molar refractivity (Wildman–Crippen MR) is 109 cm³/mol. The van der Waals surface area contributed by atoms with Gasteiger partial charge in [0.05, 0.1) is 30.9 Å². The van der Waals surface area contributed by atoms with Crippen molar-refractivity contribution >= 4 is 29.2 Å². The van der Waals surface area contributed by atoms with Crippen LogP contribution in [0.1, 0.15) is 30.1 Å². The summed E-state index contributed by atoms with van der Waals surface area (Å²) in [7, 11) is 1.55. The molecule has 152 valence electrons. The number of anilines is 2. The minimum atomic E-state index is -0.471. The van der Waals surface area contributed by atoms with E-state index in [1.54, 1.807) is 48.4 Å². The summed E-state index contributed by atoms with van der Waals surface area (Å²) in [6, 6.07) is 13.7. The average molecular weight is 396 g/mol. The molecule has 7 nitrogen and oxygen atoms in total. The highest BCUT2D eigenvalue weighted by molar-refractivity contribution is 6.04. The van der Waals surface area contributed by atoms with Gasteiger partial charge in [0.15, 0.2) is 0 Å². The van der Waals surface area contributed by atoms with Gasteiger partial charge in [0, 0.05) is 18.7 Å². The van der Waals surface area contributed by atoms with Crippen LogP contribution >= 0.6 is 0 Å². The second kappa shape index (κ2) is 9.23. The molecule has 1 aliphatic rings. The molecule has 0 radical (unpaired) electrons. The third-order valence-corrected chi connectivity index (χ3v) is 4.70. The average Bonchev–Trinajstić information content (AvgIpc) is 3.14. The van der Waals surface area contributed by atoms with Crippen molar-refractivity contribution in [2.75, 3.05) is 30.5 Å². The monoisotopic (exact) mass is 396 g/mol. The van der Waals surface area contributed by atoms with E-state index >= 15 is 0 Å². The van der Waals surface area contributed by atoms with Crippen LogP contribution in [0.5, 0.6) is 5.75 Å². The van der Waals surface area contributed by atoms with Crippen molar-refractivity contribution in [2.24, 2.45) is 5.92 Å². The molecule has 7 heteroatoms. The lowest BCUT2D eigenvalue weighted by Crippen LogP contribution is -2.28. The first-order valence-corrected chi connectivity index (χ1v) is 9.55. The third-order valence-electron chi connectivity index (χ3n) is 4.70. The van der Waals surface area contributed by atoms with E-state index in [1.165, 1.54) is 0 Å². The fraction of sp³-hybridized carbons (Fsp3) is 0.318. The zero-order valence-corrected chi connectivity index (χ0v) is 16.5. The number of ether oxygens (including phenoxy) is 2. The van der Waals surface area contributed by atoms with Crippen molar-refractivity contribution in [3.8, 4) is 5.75 Å². The number of amides is 2. The van der Waals surface area contributed by atoms with E-state index in [9.17, 15) is 14.4 Å². The van der Waals surface area contributed by atoms with Crippen LogP contribution in [0.25, 0.3) is 0 Å². The minimum absolute atomic E-state index is 0.122. The Labute approximate surface area is 169 Å². The molecule has 0 saturated carbocycles. The molecule has 1 aliphatic heterocycles. The van der Waals surface area contributed by atoms with Crippen LogP contribution in [-0.4, -0.2) is 38.0 Å². The molecule has 3 rings (SSSR count). The second-order valence-corrected chi connectivity index (χ2v) is 6.78. The summed E-state index contributed by atoms with van der Waals surface area (Å²) in [6.07, 6.45) is 0.886. The van der Waals surface area contributed by atoms with E-state index in [2.05, 4.69) is 5.32 Å². The van der Waals surface area contributed by atoms with Gasteiger partial charge in [-0.1, -0.05) is 19.1 Å². The highest BCUT2D eigenvalue weighted by atomic mass is 16.5. The standard InChI is InChI=1S/C22H24N2O5/c1-3-12-29-22(27)15-8-10-17(11-9-15)23-21(26)16-13-20(25)24(14-16)18-6-4-5-7-19(18)28-2/h4-11,16H,3,12-14H2,1-2H3,(H,23,26). The molecule has 1 saturated heterocycles. The van der Waals surface area contributed by atoms with Gasteiger partial charge >= 0.3 is 5.97 Å². The van der Waals surface area contributed by atoms with E-state index in [0.717, 1.165) is 6.42 Å². The van der Waals surface area contributed by atoms with Crippen molar-refractivity contribution in [3.63, 3.8) is 0 Å². The summed E-state index contributed by atoms with van der Waals surface area (Å²) in [5.74, 6) is -0.631. The first-order valence-electron chi connectivity index (χ1n) is 9.55. The van der Waals surface area contributed by atoms with E-state index in [-0.39, 0.29) is 24.8 Å². The van der Waals surface area contributed by atoms with Crippen LogP contribution in [0, 0.1) is 5.92 Å². The number of rotatable bonds is 7. The minimum Gasteiger partial charge on any atom is -0.495 e. The number of nitrogens with one attached hydrogen (secondary N) is 1. The maximum absolute atomic E-state index is 12.6. The number of methoxy groups -OCH3 is 1. The van der Waals surface area contributed by atoms with E-state index in [1.807, 2.05) is 19.1 Å². The Hall–Kier alpha value is -3.35. The summed E-state index contributed by atoms with van der Waals surface area (Å²) < 4.78 is 10.4. The molecule has 1 fully saturated rings. The van der Waals surface area contributed by atoms with Gasteiger partial charge in [0.1, 0.15) is 5.75 Å². The van der Waals surface area contributed by atoms with Crippen LogP contribution in [0.2, 0.25) is 0 Å². The molecule has 0 spiro atoms. The third kappa shape index (κ3) is 4.74. The number of hydrogen-bond donors (Lipinski definition) is 1. The van der Waals surface area contributed by atoms with Crippen molar-refractivity contribution in [1.29, 1.82) is 0 Å². The maximum atomic E-state index is 12.6. The molecular formula is C22H24N2O5. The number of esters is 1. The number of para-hydroxylation sites is 2. The molecule has 2 aromatic carbocycles. The predicted octanol–water partition coefficient (Wildman–Crippen LogP) is 3.25. The topological polar surface area (TPSA) is 84.9 Å². The lowest BCUT2D eigenvalue weighted by molar-refractivity contribution is -0.122. The van der Waals surface area contributed by atoms with E-state index in [0.29, 0.717) is 29.3 Å². The largest absolute Gasteiger partial charge is 0.495 e. The Balaban J connectivity index is 1.63.